The zero-order valence-corrected chi connectivity index (χ0v) is 12.3. The van der Waals surface area contributed by atoms with Crippen LogP contribution >= 0.6 is 11.6 Å². The van der Waals surface area contributed by atoms with Crippen LogP contribution < -0.4 is 16.6 Å². The van der Waals surface area contributed by atoms with Crippen molar-refractivity contribution in [3.63, 3.8) is 0 Å². The summed E-state index contributed by atoms with van der Waals surface area (Å²) in [4.78, 5) is 18.5. The first kappa shape index (κ1) is 15.0. The normalized spacial score (nSPS) is 19.6. The smallest absolute Gasteiger partial charge is 0.271 e. The first-order valence-electron chi connectivity index (χ1n) is 6.73. The van der Waals surface area contributed by atoms with Gasteiger partial charge in [0.25, 0.3) is 5.91 Å². The maximum atomic E-state index is 12.1. The molecule has 0 aromatic carbocycles. The Morgan fingerprint density at radius 2 is 2.35 bits per heavy atom. The van der Waals surface area contributed by atoms with Gasteiger partial charge in [-0.1, -0.05) is 18.0 Å². The van der Waals surface area contributed by atoms with Gasteiger partial charge in [-0.2, -0.15) is 0 Å². The molecule has 1 atom stereocenters. The number of nitrogens with zero attached hydrogens (tertiary/aromatic N) is 2. The maximum Gasteiger partial charge on any atom is 0.271 e. The van der Waals surface area contributed by atoms with E-state index in [4.69, 9.17) is 17.4 Å². The molecule has 1 aromatic heterocycles. The van der Waals surface area contributed by atoms with E-state index in [1.807, 2.05) is 0 Å². The van der Waals surface area contributed by atoms with Crippen LogP contribution in [-0.2, 0) is 0 Å². The first-order chi connectivity index (χ1) is 9.61. The fourth-order valence-electron chi connectivity index (χ4n) is 2.38. The van der Waals surface area contributed by atoms with Crippen molar-refractivity contribution >= 4 is 23.3 Å². The number of piperidine rings is 1. The molecule has 1 fully saturated rings. The molecule has 6 nitrogen and oxygen atoms in total. The van der Waals surface area contributed by atoms with Crippen molar-refractivity contribution in [2.75, 3.05) is 25.6 Å². The number of likely N-dealkylation sites (N-methyl/N-ethyl adjacent to an activating group) is 1. The Morgan fingerprint density at radius 1 is 1.55 bits per heavy atom. The quantitative estimate of drug-likeness (QED) is 0.575. The molecule has 1 saturated heterocycles. The minimum atomic E-state index is -0.272. The average molecular weight is 298 g/mol. The van der Waals surface area contributed by atoms with E-state index in [2.05, 4.69) is 27.7 Å². The van der Waals surface area contributed by atoms with Crippen LogP contribution in [0.5, 0.6) is 0 Å². The number of pyridine rings is 1. The lowest BCUT2D eigenvalue weighted by molar-refractivity contribution is 0.0924. The molecule has 1 aromatic rings. The molecule has 2 heterocycles. The van der Waals surface area contributed by atoms with E-state index in [9.17, 15) is 4.79 Å². The fourth-order valence-corrected chi connectivity index (χ4v) is 2.57. The lowest BCUT2D eigenvalue weighted by Gasteiger charge is -2.32. The highest BCUT2D eigenvalue weighted by Gasteiger charge is 2.20. The number of halogens is 1. The minimum absolute atomic E-state index is 0.195. The number of nitrogens with one attached hydrogen (secondary N) is 2. The average Bonchev–Trinajstić information content (AvgIpc) is 2.46. The number of aromatic nitrogens is 1. The number of rotatable bonds is 4. The SMILES string of the molecule is CN1CCCCC1CNC(=O)c1nc(NN)ccc1Cl. The molecule has 0 spiro atoms. The summed E-state index contributed by atoms with van der Waals surface area (Å²) in [7, 11) is 2.08. The van der Waals surface area contributed by atoms with Crippen LogP contribution in [-0.4, -0.2) is 42.0 Å². The van der Waals surface area contributed by atoms with Gasteiger partial charge in [0, 0.05) is 12.6 Å². The number of carbonyl (C=O) groups excluding carboxylic acids is 1. The van der Waals surface area contributed by atoms with Crippen LogP contribution in [0.15, 0.2) is 12.1 Å². The van der Waals surface area contributed by atoms with Gasteiger partial charge in [-0.15, -0.1) is 0 Å². The van der Waals surface area contributed by atoms with Gasteiger partial charge in [-0.25, -0.2) is 10.8 Å². The molecule has 4 N–H and O–H groups in total. The van der Waals surface area contributed by atoms with Gasteiger partial charge in [-0.3, -0.25) is 4.79 Å². The Bertz CT molecular complexity index is 482. The van der Waals surface area contributed by atoms with Crippen LogP contribution in [0, 0.1) is 0 Å². The molecule has 1 amide bonds. The Kier molecular flexibility index (Phi) is 5.17. The lowest BCUT2D eigenvalue weighted by Crippen LogP contribution is -2.44. The Hall–Kier alpha value is -1.37. The number of hydrogen-bond donors (Lipinski definition) is 3. The third-order valence-corrected chi connectivity index (χ3v) is 3.93. The van der Waals surface area contributed by atoms with Crippen LogP contribution in [0.25, 0.3) is 0 Å². The van der Waals surface area contributed by atoms with E-state index >= 15 is 0 Å². The summed E-state index contributed by atoms with van der Waals surface area (Å²) < 4.78 is 0. The predicted molar refractivity (Wildman–Crippen MR) is 79.7 cm³/mol. The van der Waals surface area contributed by atoms with Crippen molar-refractivity contribution in [3.8, 4) is 0 Å². The number of hydrazine groups is 1. The standard InChI is InChI=1S/C13H20ClN5O/c1-19-7-3-2-4-9(19)8-16-13(20)12-10(14)5-6-11(17-12)18-15/h5-6,9H,2-4,7-8,15H2,1H3,(H,16,20)(H,17,18). The number of hydrogen-bond acceptors (Lipinski definition) is 5. The zero-order valence-electron chi connectivity index (χ0n) is 11.5. The number of likely N-dealkylation sites (tertiary alicyclic amines) is 1. The van der Waals surface area contributed by atoms with Gasteiger partial charge in [-0.05, 0) is 38.6 Å². The first-order valence-corrected chi connectivity index (χ1v) is 7.11. The number of amides is 1. The third-order valence-electron chi connectivity index (χ3n) is 3.63. The topological polar surface area (TPSA) is 83.3 Å². The van der Waals surface area contributed by atoms with E-state index in [-0.39, 0.29) is 11.6 Å². The van der Waals surface area contributed by atoms with Crippen molar-refractivity contribution in [2.45, 2.75) is 25.3 Å². The summed E-state index contributed by atoms with van der Waals surface area (Å²) in [6.07, 6.45) is 3.53. The number of nitrogens with two attached hydrogens (primary N) is 1. The van der Waals surface area contributed by atoms with Crippen molar-refractivity contribution in [2.24, 2.45) is 5.84 Å². The van der Waals surface area contributed by atoms with Crippen molar-refractivity contribution in [1.82, 2.24) is 15.2 Å². The summed E-state index contributed by atoms with van der Waals surface area (Å²) in [6, 6.07) is 3.60. The largest absolute Gasteiger partial charge is 0.349 e. The van der Waals surface area contributed by atoms with E-state index in [0.29, 0.717) is 23.4 Å². The summed E-state index contributed by atoms with van der Waals surface area (Å²) in [5.41, 5.74) is 2.60. The van der Waals surface area contributed by atoms with Gasteiger partial charge in [0.05, 0.1) is 5.02 Å². The highest BCUT2D eigenvalue weighted by atomic mass is 35.5. The zero-order chi connectivity index (χ0) is 14.5. The lowest BCUT2D eigenvalue weighted by atomic mass is 10.0. The molecule has 2 rings (SSSR count). The summed E-state index contributed by atoms with van der Waals surface area (Å²) in [5, 5.41) is 3.21. The summed E-state index contributed by atoms with van der Waals surface area (Å²) in [6.45, 7) is 1.68. The molecule has 20 heavy (non-hydrogen) atoms. The monoisotopic (exact) mass is 297 g/mol. The van der Waals surface area contributed by atoms with Gasteiger partial charge < -0.3 is 15.6 Å². The molecule has 0 aliphatic carbocycles. The Morgan fingerprint density at radius 3 is 3.05 bits per heavy atom. The van der Waals surface area contributed by atoms with E-state index in [1.54, 1.807) is 12.1 Å². The molecule has 1 aliphatic heterocycles. The highest BCUT2D eigenvalue weighted by molar-refractivity contribution is 6.33. The minimum Gasteiger partial charge on any atom is -0.349 e. The molecule has 1 unspecified atom stereocenters. The van der Waals surface area contributed by atoms with E-state index < -0.39 is 0 Å². The molecule has 110 valence electrons. The second-order valence-corrected chi connectivity index (χ2v) is 5.42. The molecule has 7 heteroatoms. The molecule has 1 aliphatic rings. The van der Waals surface area contributed by atoms with Gasteiger partial charge in [0.1, 0.15) is 11.5 Å². The van der Waals surface area contributed by atoms with E-state index in [0.717, 1.165) is 13.0 Å². The maximum absolute atomic E-state index is 12.1. The number of nitrogen functional groups attached to an aromatic ring is 1. The van der Waals surface area contributed by atoms with Crippen LogP contribution in [0.3, 0.4) is 0 Å². The second-order valence-electron chi connectivity index (χ2n) is 5.01. The molecular formula is C13H20ClN5O. The second kappa shape index (κ2) is 6.88. The van der Waals surface area contributed by atoms with Crippen LogP contribution in [0.1, 0.15) is 29.8 Å². The summed E-state index contributed by atoms with van der Waals surface area (Å²) in [5.74, 6) is 5.42. The fraction of sp³-hybridized carbons (Fsp3) is 0.538. The van der Waals surface area contributed by atoms with E-state index in [1.165, 1.54) is 12.8 Å². The molecule has 0 bridgehead atoms. The van der Waals surface area contributed by atoms with Crippen molar-refractivity contribution in [1.29, 1.82) is 0 Å². The molecular weight excluding hydrogens is 278 g/mol. The highest BCUT2D eigenvalue weighted by Crippen LogP contribution is 2.17. The predicted octanol–water partition coefficient (Wildman–Crippen LogP) is 1.23. The van der Waals surface area contributed by atoms with Gasteiger partial charge in [0.2, 0.25) is 0 Å². The number of anilines is 1. The molecule has 0 saturated carbocycles. The van der Waals surface area contributed by atoms with Gasteiger partial charge >= 0.3 is 0 Å². The number of carbonyl (C=O) groups is 1. The summed E-state index contributed by atoms with van der Waals surface area (Å²) >= 11 is 6.00. The van der Waals surface area contributed by atoms with Crippen molar-refractivity contribution < 1.29 is 4.79 Å². The van der Waals surface area contributed by atoms with Gasteiger partial charge in [0.15, 0.2) is 0 Å². The molecule has 0 radical (unpaired) electrons. The Labute approximate surface area is 123 Å². The Balaban J connectivity index is 1.97. The van der Waals surface area contributed by atoms with Crippen LogP contribution in [0.4, 0.5) is 5.82 Å². The third kappa shape index (κ3) is 3.59. The van der Waals surface area contributed by atoms with Crippen LogP contribution in [0.2, 0.25) is 5.02 Å². The van der Waals surface area contributed by atoms with Crippen molar-refractivity contribution in [3.05, 3.63) is 22.8 Å².